The minimum atomic E-state index is -0.383. The average Bonchev–Trinajstić information content (AvgIpc) is 2.53. The fourth-order valence-corrected chi connectivity index (χ4v) is 2.34. The van der Waals surface area contributed by atoms with E-state index in [0.717, 1.165) is 18.4 Å². The highest BCUT2D eigenvalue weighted by molar-refractivity contribution is 6.29. The Morgan fingerprint density at radius 1 is 1.14 bits per heavy atom. The molecule has 4 nitrogen and oxygen atoms in total. The second kappa shape index (κ2) is 6.87. The molecule has 0 saturated heterocycles. The summed E-state index contributed by atoms with van der Waals surface area (Å²) in [6.45, 7) is 4.11. The Balaban J connectivity index is 2.36. The van der Waals surface area contributed by atoms with Crippen LogP contribution in [0.4, 0.5) is 5.82 Å². The number of aromatic nitrogens is 2. The molecular weight excluding hydrogens is 286 g/mol. The lowest BCUT2D eigenvalue weighted by Gasteiger charge is -2.31. The Kier molecular flexibility index (Phi) is 5.15. The van der Waals surface area contributed by atoms with Crippen molar-refractivity contribution in [3.05, 3.63) is 41.6 Å². The minimum Gasteiger partial charge on any atom is -0.394 e. The van der Waals surface area contributed by atoms with Crippen molar-refractivity contribution in [2.24, 2.45) is 0 Å². The van der Waals surface area contributed by atoms with Gasteiger partial charge in [-0.25, -0.2) is 9.97 Å². The van der Waals surface area contributed by atoms with E-state index in [-0.39, 0.29) is 12.1 Å². The zero-order valence-corrected chi connectivity index (χ0v) is 13.1. The van der Waals surface area contributed by atoms with Crippen molar-refractivity contribution in [1.82, 2.24) is 9.97 Å². The monoisotopic (exact) mass is 305 g/mol. The molecule has 1 heterocycles. The molecule has 1 aromatic heterocycles. The topological polar surface area (TPSA) is 58.0 Å². The Morgan fingerprint density at radius 2 is 1.81 bits per heavy atom. The van der Waals surface area contributed by atoms with Crippen LogP contribution in [-0.4, -0.2) is 27.2 Å². The number of halogens is 1. The zero-order valence-electron chi connectivity index (χ0n) is 12.3. The average molecular weight is 306 g/mol. The smallest absolute Gasteiger partial charge is 0.163 e. The molecule has 0 spiro atoms. The van der Waals surface area contributed by atoms with Crippen LogP contribution >= 0.6 is 11.6 Å². The van der Waals surface area contributed by atoms with Crippen LogP contribution in [0, 0.1) is 0 Å². The maximum absolute atomic E-state index is 9.65. The van der Waals surface area contributed by atoms with Crippen molar-refractivity contribution in [2.45, 2.75) is 32.2 Å². The maximum Gasteiger partial charge on any atom is 0.163 e. The third-order valence-corrected chi connectivity index (χ3v) is 3.97. The first-order valence-corrected chi connectivity index (χ1v) is 7.49. The van der Waals surface area contributed by atoms with Crippen LogP contribution in [0.5, 0.6) is 0 Å². The first-order chi connectivity index (χ1) is 10.1. The summed E-state index contributed by atoms with van der Waals surface area (Å²) < 4.78 is 0. The van der Waals surface area contributed by atoms with Crippen molar-refractivity contribution in [2.75, 3.05) is 11.9 Å². The molecule has 0 unspecified atom stereocenters. The van der Waals surface area contributed by atoms with Gasteiger partial charge < -0.3 is 10.4 Å². The fourth-order valence-electron chi connectivity index (χ4n) is 2.16. The van der Waals surface area contributed by atoms with Gasteiger partial charge in [-0.15, -0.1) is 0 Å². The standard InChI is InChI=1S/C16H20ClN3O/c1-3-16(4-2,11-21)20-14-10-13(17)18-15(19-14)12-8-6-5-7-9-12/h5-10,21H,3-4,11H2,1-2H3,(H,18,19,20). The van der Waals surface area contributed by atoms with Crippen LogP contribution < -0.4 is 5.32 Å². The van der Waals surface area contributed by atoms with E-state index in [1.165, 1.54) is 0 Å². The van der Waals surface area contributed by atoms with Crippen molar-refractivity contribution in [3.63, 3.8) is 0 Å². The van der Waals surface area contributed by atoms with Gasteiger partial charge in [-0.2, -0.15) is 0 Å². The predicted octanol–water partition coefficient (Wildman–Crippen LogP) is 3.76. The normalized spacial score (nSPS) is 11.4. The Hall–Kier alpha value is -1.65. The van der Waals surface area contributed by atoms with E-state index < -0.39 is 0 Å². The molecule has 0 aliphatic heterocycles. The van der Waals surface area contributed by atoms with Gasteiger partial charge in [0.25, 0.3) is 0 Å². The summed E-state index contributed by atoms with van der Waals surface area (Å²) >= 11 is 6.10. The molecule has 0 bridgehead atoms. The van der Waals surface area contributed by atoms with Crippen LogP contribution in [0.3, 0.4) is 0 Å². The molecule has 0 radical (unpaired) electrons. The van der Waals surface area contributed by atoms with Crippen LogP contribution in [0.25, 0.3) is 11.4 Å². The Labute approximate surface area is 130 Å². The molecule has 112 valence electrons. The van der Waals surface area contributed by atoms with Crippen LogP contribution in [0.1, 0.15) is 26.7 Å². The van der Waals surface area contributed by atoms with Crippen molar-refractivity contribution in [1.29, 1.82) is 0 Å². The molecule has 0 atom stereocenters. The highest BCUT2D eigenvalue weighted by Crippen LogP contribution is 2.25. The van der Waals surface area contributed by atoms with E-state index in [1.807, 2.05) is 44.2 Å². The van der Waals surface area contributed by atoms with Crippen LogP contribution in [-0.2, 0) is 0 Å². The van der Waals surface area contributed by atoms with Gasteiger partial charge in [0.05, 0.1) is 12.1 Å². The number of hydrogen-bond donors (Lipinski definition) is 2. The van der Waals surface area contributed by atoms with E-state index in [0.29, 0.717) is 16.8 Å². The van der Waals surface area contributed by atoms with Gasteiger partial charge in [-0.05, 0) is 12.8 Å². The summed E-state index contributed by atoms with van der Waals surface area (Å²) in [5.74, 6) is 1.20. The molecule has 0 amide bonds. The molecule has 2 rings (SSSR count). The zero-order chi connectivity index (χ0) is 15.3. The summed E-state index contributed by atoms with van der Waals surface area (Å²) in [6.07, 6.45) is 1.59. The maximum atomic E-state index is 9.65. The lowest BCUT2D eigenvalue weighted by Crippen LogP contribution is -2.41. The van der Waals surface area contributed by atoms with Gasteiger partial charge in [0.1, 0.15) is 11.0 Å². The van der Waals surface area contributed by atoms with E-state index in [9.17, 15) is 5.11 Å². The molecule has 2 N–H and O–H groups in total. The second-order valence-electron chi connectivity index (χ2n) is 5.04. The number of nitrogens with zero attached hydrogens (tertiary/aromatic N) is 2. The number of benzene rings is 1. The van der Waals surface area contributed by atoms with E-state index in [2.05, 4.69) is 15.3 Å². The highest BCUT2D eigenvalue weighted by Gasteiger charge is 2.25. The molecule has 2 aromatic rings. The number of aliphatic hydroxyl groups excluding tert-OH is 1. The lowest BCUT2D eigenvalue weighted by atomic mass is 9.94. The number of anilines is 1. The summed E-state index contributed by atoms with van der Waals surface area (Å²) in [6, 6.07) is 11.4. The lowest BCUT2D eigenvalue weighted by molar-refractivity contribution is 0.202. The Morgan fingerprint density at radius 3 is 2.38 bits per heavy atom. The predicted molar refractivity (Wildman–Crippen MR) is 86.5 cm³/mol. The van der Waals surface area contributed by atoms with E-state index in [4.69, 9.17) is 11.6 Å². The minimum absolute atomic E-state index is 0.0439. The molecule has 0 saturated carbocycles. The van der Waals surface area contributed by atoms with Gasteiger partial charge in [-0.3, -0.25) is 0 Å². The molecule has 0 aliphatic rings. The molecule has 21 heavy (non-hydrogen) atoms. The van der Waals surface area contributed by atoms with Crippen LogP contribution in [0.2, 0.25) is 5.15 Å². The quantitative estimate of drug-likeness (QED) is 0.798. The summed E-state index contributed by atoms with van der Waals surface area (Å²) in [4.78, 5) is 8.78. The number of aliphatic hydroxyl groups is 1. The van der Waals surface area contributed by atoms with Crippen molar-refractivity contribution < 1.29 is 5.11 Å². The first kappa shape index (κ1) is 15.7. The SMILES string of the molecule is CCC(CC)(CO)Nc1cc(Cl)nc(-c2ccccc2)n1. The number of hydrogen-bond acceptors (Lipinski definition) is 4. The first-order valence-electron chi connectivity index (χ1n) is 7.11. The van der Waals surface area contributed by atoms with Crippen molar-refractivity contribution >= 4 is 17.4 Å². The van der Waals surface area contributed by atoms with Crippen LogP contribution in [0.15, 0.2) is 36.4 Å². The van der Waals surface area contributed by atoms with E-state index >= 15 is 0 Å². The Bertz CT molecular complexity index is 577. The number of rotatable bonds is 6. The number of nitrogens with one attached hydrogen (secondary N) is 1. The van der Waals surface area contributed by atoms with Gasteiger partial charge in [0.15, 0.2) is 5.82 Å². The highest BCUT2D eigenvalue weighted by atomic mass is 35.5. The summed E-state index contributed by atoms with van der Waals surface area (Å²) in [5, 5.41) is 13.3. The van der Waals surface area contributed by atoms with Gasteiger partial charge >= 0.3 is 0 Å². The molecule has 5 heteroatoms. The largest absolute Gasteiger partial charge is 0.394 e. The molecule has 1 aromatic carbocycles. The molecular formula is C16H20ClN3O. The van der Waals surface area contributed by atoms with E-state index in [1.54, 1.807) is 6.07 Å². The fraction of sp³-hybridized carbons (Fsp3) is 0.375. The summed E-state index contributed by atoms with van der Waals surface area (Å²) in [7, 11) is 0. The molecule has 0 aliphatic carbocycles. The second-order valence-corrected chi connectivity index (χ2v) is 5.42. The summed E-state index contributed by atoms with van der Waals surface area (Å²) in [5.41, 5.74) is 0.525. The third-order valence-electron chi connectivity index (χ3n) is 3.78. The van der Waals surface area contributed by atoms with Gasteiger partial charge in [0.2, 0.25) is 0 Å². The van der Waals surface area contributed by atoms with Crippen molar-refractivity contribution in [3.8, 4) is 11.4 Å². The third kappa shape index (κ3) is 3.71. The van der Waals surface area contributed by atoms with Gasteiger partial charge in [-0.1, -0.05) is 55.8 Å². The molecule has 0 fully saturated rings. The van der Waals surface area contributed by atoms with Gasteiger partial charge in [0, 0.05) is 11.6 Å².